The van der Waals surface area contributed by atoms with Gasteiger partial charge in [-0.3, -0.25) is 4.90 Å². The Hall–Kier alpha value is -1.49. The molecule has 5 heteroatoms. The molecule has 2 rings (SSSR count). The zero-order valence-electron chi connectivity index (χ0n) is 13.0. The minimum absolute atomic E-state index is 0.0311. The highest BCUT2D eigenvalue weighted by Crippen LogP contribution is 2.27. The van der Waals surface area contributed by atoms with Gasteiger partial charge in [-0.05, 0) is 46.2 Å². The van der Waals surface area contributed by atoms with Crippen molar-refractivity contribution in [3.63, 3.8) is 0 Å². The molecule has 112 valence electrons. The van der Waals surface area contributed by atoms with Crippen molar-refractivity contribution in [1.82, 2.24) is 15.2 Å². The quantitative estimate of drug-likeness (QED) is 0.830. The number of aromatic amines is 1. The second-order valence-electron chi connectivity index (χ2n) is 6.43. The van der Waals surface area contributed by atoms with E-state index >= 15 is 0 Å². The topological polar surface area (TPSA) is 57.4 Å². The summed E-state index contributed by atoms with van der Waals surface area (Å²) >= 11 is 0. The predicted octanol–water partition coefficient (Wildman–Crippen LogP) is 2.51. The zero-order chi connectivity index (χ0) is 14.9. The van der Waals surface area contributed by atoms with Crippen molar-refractivity contribution in [1.29, 1.82) is 0 Å². The third-order valence-corrected chi connectivity index (χ3v) is 3.42. The first-order valence-electron chi connectivity index (χ1n) is 7.14. The maximum atomic E-state index is 12.4. The number of carbonyl (C=O) groups excluding carboxylic acids is 1. The van der Waals surface area contributed by atoms with Gasteiger partial charge in [0.1, 0.15) is 5.60 Å². The molecule has 2 heterocycles. The first kappa shape index (κ1) is 14.9. The normalized spacial score (nSPS) is 20.1. The van der Waals surface area contributed by atoms with E-state index in [2.05, 4.69) is 16.4 Å². The molecule has 0 aliphatic carbocycles. The predicted molar refractivity (Wildman–Crippen MR) is 78.8 cm³/mol. The number of ether oxygens (including phenoxy) is 1. The van der Waals surface area contributed by atoms with Crippen LogP contribution in [0.3, 0.4) is 0 Å². The van der Waals surface area contributed by atoms with E-state index in [9.17, 15) is 4.79 Å². The Kier molecular flexibility index (Phi) is 4.09. The van der Waals surface area contributed by atoms with Gasteiger partial charge in [-0.25, -0.2) is 4.79 Å². The number of amides is 1. The Bertz CT molecular complexity index is 488. The van der Waals surface area contributed by atoms with Crippen molar-refractivity contribution in [3.8, 4) is 0 Å². The molecule has 1 aliphatic rings. The minimum Gasteiger partial charge on any atom is -0.444 e. The van der Waals surface area contributed by atoms with Crippen LogP contribution in [0.25, 0.3) is 0 Å². The van der Waals surface area contributed by atoms with Crippen molar-refractivity contribution in [2.45, 2.75) is 46.3 Å². The molecule has 1 aromatic rings. The standard InChI is InChI=1S/C15H25N3O2/c1-10-8-12(11(2)17-10)13-9-16-6-7-18(13)14(19)20-15(3,4)5/h8,13,16-17H,6-7,9H2,1-5H3. The van der Waals surface area contributed by atoms with Crippen LogP contribution in [0.2, 0.25) is 0 Å². The summed E-state index contributed by atoms with van der Waals surface area (Å²) in [5.74, 6) is 0. The lowest BCUT2D eigenvalue weighted by atomic mass is 10.0. The second-order valence-corrected chi connectivity index (χ2v) is 6.43. The van der Waals surface area contributed by atoms with Crippen LogP contribution in [-0.4, -0.2) is 41.2 Å². The summed E-state index contributed by atoms with van der Waals surface area (Å²) in [4.78, 5) is 17.5. The molecule has 1 amide bonds. The molecular weight excluding hydrogens is 254 g/mol. The number of H-pyrrole nitrogens is 1. The van der Waals surface area contributed by atoms with E-state index in [4.69, 9.17) is 4.74 Å². The number of piperazine rings is 1. The minimum atomic E-state index is -0.463. The molecule has 0 spiro atoms. The van der Waals surface area contributed by atoms with Crippen molar-refractivity contribution in [3.05, 3.63) is 23.0 Å². The van der Waals surface area contributed by atoms with E-state index in [1.165, 1.54) is 5.56 Å². The molecule has 1 fully saturated rings. The van der Waals surface area contributed by atoms with E-state index in [0.717, 1.165) is 24.5 Å². The smallest absolute Gasteiger partial charge is 0.410 e. The van der Waals surface area contributed by atoms with E-state index in [1.807, 2.05) is 39.5 Å². The van der Waals surface area contributed by atoms with E-state index in [-0.39, 0.29) is 12.1 Å². The fourth-order valence-electron chi connectivity index (χ4n) is 2.61. The monoisotopic (exact) mass is 279 g/mol. The summed E-state index contributed by atoms with van der Waals surface area (Å²) in [7, 11) is 0. The Morgan fingerprint density at radius 3 is 2.65 bits per heavy atom. The van der Waals surface area contributed by atoms with Crippen LogP contribution in [0.1, 0.15) is 43.8 Å². The second kappa shape index (κ2) is 5.48. The largest absolute Gasteiger partial charge is 0.444 e. The van der Waals surface area contributed by atoms with Crippen molar-refractivity contribution in [2.24, 2.45) is 0 Å². The highest BCUT2D eigenvalue weighted by molar-refractivity contribution is 5.69. The van der Waals surface area contributed by atoms with Crippen LogP contribution in [0.15, 0.2) is 6.07 Å². The third-order valence-electron chi connectivity index (χ3n) is 3.42. The van der Waals surface area contributed by atoms with Gasteiger partial charge in [-0.1, -0.05) is 0 Å². The third kappa shape index (κ3) is 3.33. The summed E-state index contributed by atoms with van der Waals surface area (Å²) in [6.45, 7) is 12.0. The van der Waals surface area contributed by atoms with Gasteiger partial charge in [0.15, 0.2) is 0 Å². The fraction of sp³-hybridized carbons (Fsp3) is 0.667. The summed E-state index contributed by atoms with van der Waals surface area (Å²) < 4.78 is 5.52. The molecule has 20 heavy (non-hydrogen) atoms. The Morgan fingerprint density at radius 1 is 1.40 bits per heavy atom. The SMILES string of the molecule is Cc1cc(C2CNCCN2C(=O)OC(C)(C)C)c(C)[nH]1. The van der Waals surface area contributed by atoms with Crippen molar-refractivity contribution >= 4 is 6.09 Å². The van der Waals surface area contributed by atoms with Gasteiger partial charge in [-0.15, -0.1) is 0 Å². The molecule has 1 atom stereocenters. The lowest BCUT2D eigenvalue weighted by Gasteiger charge is -2.37. The van der Waals surface area contributed by atoms with Crippen molar-refractivity contribution in [2.75, 3.05) is 19.6 Å². The van der Waals surface area contributed by atoms with Crippen LogP contribution in [0.4, 0.5) is 4.79 Å². The van der Waals surface area contributed by atoms with Crippen LogP contribution in [0, 0.1) is 13.8 Å². The zero-order valence-corrected chi connectivity index (χ0v) is 13.0. The van der Waals surface area contributed by atoms with E-state index in [1.54, 1.807) is 0 Å². The number of aromatic nitrogens is 1. The van der Waals surface area contributed by atoms with Crippen molar-refractivity contribution < 1.29 is 9.53 Å². The van der Waals surface area contributed by atoms with Crippen LogP contribution in [-0.2, 0) is 4.74 Å². The average molecular weight is 279 g/mol. The molecular formula is C15H25N3O2. The number of nitrogens with one attached hydrogen (secondary N) is 2. The molecule has 1 unspecified atom stereocenters. The lowest BCUT2D eigenvalue weighted by Crippen LogP contribution is -2.50. The summed E-state index contributed by atoms with van der Waals surface area (Å²) in [6, 6.07) is 2.15. The Morgan fingerprint density at radius 2 is 2.10 bits per heavy atom. The van der Waals surface area contributed by atoms with Gasteiger partial charge in [0, 0.05) is 31.0 Å². The number of rotatable bonds is 1. The first-order valence-corrected chi connectivity index (χ1v) is 7.14. The van der Waals surface area contributed by atoms with Crippen LogP contribution < -0.4 is 5.32 Å². The highest BCUT2D eigenvalue weighted by Gasteiger charge is 2.32. The summed E-state index contributed by atoms with van der Waals surface area (Å²) in [5.41, 5.74) is 2.94. The van der Waals surface area contributed by atoms with Gasteiger partial charge in [0.05, 0.1) is 6.04 Å². The molecule has 2 N–H and O–H groups in total. The molecule has 0 bridgehead atoms. The number of aryl methyl sites for hydroxylation is 2. The average Bonchev–Trinajstić information content (AvgIpc) is 2.66. The summed E-state index contributed by atoms with van der Waals surface area (Å²) in [6.07, 6.45) is -0.234. The Labute approximate surface area is 120 Å². The van der Waals surface area contributed by atoms with Gasteiger partial charge in [0.25, 0.3) is 0 Å². The molecule has 0 aromatic carbocycles. The number of hydrogen-bond donors (Lipinski definition) is 2. The fourth-order valence-corrected chi connectivity index (χ4v) is 2.61. The molecule has 5 nitrogen and oxygen atoms in total. The van der Waals surface area contributed by atoms with E-state index < -0.39 is 5.60 Å². The highest BCUT2D eigenvalue weighted by atomic mass is 16.6. The van der Waals surface area contributed by atoms with E-state index in [0.29, 0.717) is 6.54 Å². The van der Waals surface area contributed by atoms with Gasteiger partial charge < -0.3 is 15.0 Å². The van der Waals surface area contributed by atoms with Crippen LogP contribution in [0.5, 0.6) is 0 Å². The Balaban J connectivity index is 2.21. The molecule has 0 saturated carbocycles. The number of hydrogen-bond acceptors (Lipinski definition) is 3. The molecule has 1 aliphatic heterocycles. The number of nitrogens with zero attached hydrogens (tertiary/aromatic N) is 1. The molecule has 1 saturated heterocycles. The first-order chi connectivity index (χ1) is 9.28. The maximum Gasteiger partial charge on any atom is 0.410 e. The van der Waals surface area contributed by atoms with Gasteiger partial charge in [-0.2, -0.15) is 0 Å². The molecule has 0 radical (unpaired) electrons. The number of carbonyl (C=O) groups is 1. The van der Waals surface area contributed by atoms with Gasteiger partial charge >= 0.3 is 6.09 Å². The van der Waals surface area contributed by atoms with Gasteiger partial charge in [0.2, 0.25) is 0 Å². The lowest BCUT2D eigenvalue weighted by molar-refractivity contribution is 0.0117. The summed E-state index contributed by atoms with van der Waals surface area (Å²) in [5, 5.41) is 3.35. The maximum absolute atomic E-state index is 12.4. The van der Waals surface area contributed by atoms with Crippen LogP contribution >= 0.6 is 0 Å². The molecule has 1 aromatic heterocycles.